The van der Waals surface area contributed by atoms with E-state index in [1.54, 1.807) is 18.4 Å². The number of thiophene rings is 1. The molecule has 2 aromatic rings. The Hall–Kier alpha value is -1.32. The number of methoxy groups -OCH3 is 1. The molecule has 0 saturated carbocycles. The van der Waals surface area contributed by atoms with Crippen molar-refractivity contribution in [3.63, 3.8) is 0 Å². The largest absolute Gasteiger partial charge is 0.496 e. The molecule has 3 heteroatoms. The Labute approximate surface area is 113 Å². The predicted molar refractivity (Wildman–Crippen MR) is 77.7 cm³/mol. The third-order valence-electron chi connectivity index (χ3n) is 3.21. The van der Waals surface area contributed by atoms with Crippen LogP contribution in [0.15, 0.2) is 29.6 Å². The minimum absolute atomic E-state index is 0.259. The molecule has 1 atom stereocenters. The Bertz CT molecular complexity index is 520. The first-order valence-electron chi connectivity index (χ1n) is 6.03. The lowest BCUT2D eigenvalue weighted by Crippen LogP contribution is -2.17. The maximum absolute atomic E-state index is 5.37. The topological polar surface area (TPSA) is 21.3 Å². The number of benzene rings is 1. The van der Waals surface area contributed by atoms with Gasteiger partial charge < -0.3 is 10.1 Å². The number of nitrogens with one attached hydrogen (secondary N) is 1. The molecule has 0 spiro atoms. The van der Waals surface area contributed by atoms with Crippen LogP contribution in [0, 0.1) is 13.8 Å². The second kappa shape index (κ2) is 5.55. The molecule has 1 heterocycles. The van der Waals surface area contributed by atoms with Crippen LogP contribution < -0.4 is 10.1 Å². The van der Waals surface area contributed by atoms with Crippen LogP contribution in [-0.2, 0) is 0 Å². The van der Waals surface area contributed by atoms with Gasteiger partial charge in [0.2, 0.25) is 0 Å². The van der Waals surface area contributed by atoms with Crippen LogP contribution in [0.5, 0.6) is 5.75 Å². The average molecular weight is 261 g/mol. The van der Waals surface area contributed by atoms with Crippen LogP contribution in [-0.4, -0.2) is 14.2 Å². The summed E-state index contributed by atoms with van der Waals surface area (Å²) in [7, 11) is 3.72. The van der Waals surface area contributed by atoms with Gasteiger partial charge in [0, 0.05) is 4.88 Å². The smallest absolute Gasteiger partial charge is 0.122 e. The molecule has 1 N–H and O–H groups in total. The molecule has 1 aromatic heterocycles. The third kappa shape index (κ3) is 2.42. The summed E-state index contributed by atoms with van der Waals surface area (Å²) in [5.74, 6) is 0.956. The Morgan fingerprint density at radius 2 is 2.00 bits per heavy atom. The van der Waals surface area contributed by atoms with Gasteiger partial charge in [-0.2, -0.15) is 0 Å². The van der Waals surface area contributed by atoms with Gasteiger partial charge in [0.15, 0.2) is 0 Å². The summed E-state index contributed by atoms with van der Waals surface area (Å²) in [4.78, 5) is 1.34. The lowest BCUT2D eigenvalue weighted by Gasteiger charge is -2.19. The second-order valence-electron chi connectivity index (χ2n) is 4.42. The van der Waals surface area contributed by atoms with Gasteiger partial charge in [-0.25, -0.2) is 0 Å². The van der Waals surface area contributed by atoms with E-state index in [2.05, 4.69) is 48.8 Å². The summed E-state index contributed by atoms with van der Waals surface area (Å²) in [5, 5.41) is 5.51. The first-order chi connectivity index (χ1) is 8.67. The Kier molecular flexibility index (Phi) is 4.04. The van der Waals surface area contributed by atoms with Gasteiger partial charge >= 0.3 is 0 Å². The van der Waals surface area contributed by atoms with E-state index in [1.807, 2.05) is 7.05 Å². The zero-order chi connectivity index (χ0) is 13.1. The van der Waals surface area contributed by atoms with Gasteiger partial charge in [-0.15, -0.1) is 11.3 Å². The number of rotatable bonds is 4. The molecule has 96 valence electrons. The summed E-state index contributed by atoms with van der Waals surface area (Å²) in [5.41, 5.74) is 3.75. The molecular weight excluding hydrogens is 242 g/mol. The second-order valence-corrected chi connectivity index (χ2v) is 5.39. The van der Waals surface area contributed by atoms with Gasteiger partial charge in [-0.3, -0.25) is 0 Å². The quantitative estimate of drug-likeness (QED) is 0.906. The SMILES string of the molecule is CNC(c1cccs1)c1cc(C)c(OC)cc1C. The van der Waals surface area contributed by atoms with Crippen LogP contribution >= 0.6 is 11.3 Å². The standard InChI is InChI=1S/C15H19NOS/c1-10-9-13(17-4)11(2)8-12(10)15(16-3)14-6-5-7-18-14/h5-9,15-16H,1-4H3. The highest BCUT2D eigenvalue weighted by atomic mass is 32.1. The van der Waals surface area contributed by atoms with Crippen molar-refractivity contribution in [1.29, 1.82) is 0 Å². The van der Waals surface area contributed by atoms with Crippen molar-refractivity contribution < 1.29 is 4.74 Å². The summed E-state index contributed by atoms with van der Waals surface area (Å²) >= 11 is 1.78. The fraction of sp³-hybridized carbons (Fsp3) is 0.333. The van der Waals surface area contributed by atoms with Crippen LogP contribution in [0.4, 0.5) is 0 Å². The van der Waals surface area contributed by atoms with E-state index in [-0.39, 0.29) is 6.04 Å². The molecule has 2 rings (SSSR count). The van der Waals surface area contributed by atoms with Crippen LogP contribution in [0.2, 0.25) is 0 Å². The van der Waals surface area contributed by atoms with Gasteiger partial charge in [0.25, 0.3) is 0 Å². The summed E-state index contributed by atoms with van der Waals surface area (Å²) in [6.45, 7) is 4.22. The fourth-order valence-corrected chi connectivity index (χ4v) is 3.10. The molecule has 1 aromatic carbocycles. The summed E-state index contributed by atoms with van der Waals surface area (Å²) in [6.07, 6.45) is 0. The minimum Gasteiger partial charge on any atom is -0.496 e. The number of hydrogen-bond donors (Lipinski definition) is 1. The van der Waals surface area contributed by atoms with E-state index in [9.17, 15) is 0 Å². The van der Waals surface area contributed by atoms with Crippen LogP contribution in [0.25, 0.3) is 0 Å². The van der Waals surface area contributed by atoms with Crippen molar-refractivity contribution in [2.75, 3.05) is 14.2 Å². The zero-order valence-corrected chi connectivity index (χ0v) is 12.1. The molecule has 0 radical (unpaired) electrons. The predicted octanol–water partition coefficient (Wildman–Crippen LogP) is 3.68. The van der Waals surface area contributed by atoms with Gasteiger partial charge in [-0.1, -0.05) is 12.1 Å². The monoisotopic (exact) mass is 261 g/mol. The van der Waals surface area contributed by atoms with Crippen LogP contribution in [0.3, 0.4) is 0 Å². The fourth-order valence-electron chi connectivity index (χ4n) is 2.25. The normalized spacial score (nSPS) is 12.4. The zero-order valence-electron chi connectivity index (χ0n) is 11.3. The van der Waals surface area contributed by atoms with E-state index in [1.165, 1.54) is 21.6 Å². The lowest BCUT2D eigenvalue weighted by molar-refractivity contribution is 0.411. The molecule has 18 heavy (non-hydrogen) atoms. The molecule has 0 fully saturated rings. The van der Waals surface area contributed by atoms with Crippen molar-refractivity contribution in [3.8, 4) is 5.75 Å². The van der Waals surface area contributed by atoms with Gasteiger partial charge in [0.1, 0.15) is 5.75 Å². The molecule has 0 aliphatic carbocycles. The highest BCUT2D eigenvalue weighted by molar-refractivity contribution is 7.10. The maximum atomic E-state index is 5.37. The molecule has 0 amide bonds. The van der Waals surface area contributed by atoms with E-state index >= 15 is 0 Å². The lowest BCUT2D eigenvalue weighted by atomic mass is 9.97. The Morgan fingerprint density at radius 1 is 1.22 bits per heavy atom. The molecule has 0 bridgehead atoms. The van der Waals surface area contributed by atoms with Gasteiger partial charge in [-0.05, 0) is 55.1 Å². The highest BCUT2D eigenvalue weighted by Crippen LogP contribution is 2.31. The highest BCUT2D eigenvalue weighted by Gasteiger charge is 2.16. The molecular formula is C15H19NOS. The molecule has 0 saturated heterocycles. The molecule has 2 nitrogen and oxygen atoms in total. The summed E-state index contributed by atoms with van der Waals surface area (Å²) < 4.78 is 5.37. The third-order valence-corrected chi connectivity index (χ3v) is 4.15. The maximum Gasteiger partial charge on any atom is 0.122 e. The van der Waals surface area contributed by atoms with E-state index in [0.717, 1.165) is 5.75 Å². The molecule has 0 aliphatic heterocycles. The van der Waals surface area contributed by atoms with Crippen LogP contribution in [0.1, 0.15) is 27.6 Å². The molecule has 1 unspecified atom stereocenters. The number of hydrogen-bond acceptors (Lipinski definition) is 3. The van der Waals surface area contributed by atoms with Crippen molar-refractivity contribution in [2.45, 2.75) is 19.9 Å². The Balaban J connectivity index is 2.46. The Morgan fingerprint density at radius 3 is 2.56 bits per heavy atom. The van der Waals surface area contributed by atoms with Crippen molar-refractivity contribution in [3.05, 3.63) is 51.2 Å². The molecule has 0 aliphatic rings. The first kappa shape index (κ1) is 13.1. The van der Waals surface area contributed by atoms with Crippen molar-refractivity contribution in [1.82, 2.24) is 5.32 Å². The van der Waals surface area contributed by atoms with Crippen molar-refractivity contribution >= 4 is 11.3 Å². The van der Waals surface area contributed by atoms with Crippen molar-refractivity contribution in [2.24, 2.45) is 0 Å². The minimum atomic E-state index is 0.259. The van der Waals surface area contributed by atoms with E-state index in [0.29, 0.717) is 0 Å². The van der Waals surface area contributed by atoms with E-state index in [4.69, 9.17) is 4.74 Å². The average Bonchev–Trinajstić information content (AvgIpc) is 2.87. The van der Waals surface area contributed by atoms with E-state index < -0.39 is 0 Å². The first-order valence-corrected chi connectivity index (χ1v) is 6.91. The summed E-state index contributed by atoms with van der Waals surface area (Å²) in [6, 6.07) is 8.85. The number of aryl methyl sites for hydroxylation is 2. The van der Waals surface area contributed by atoms with Gasteiger partial charge in [0.05, 0.1) is 13.2 Å². The number of ether oxygens (including phenoxy) is 1.